The number of carbonyl (C=O) groups excluding carboxylic acids is 1. The molecular formula is C19H12ClF3N2O. The van der Waals surface area contributed by atoms with E-state index in [-0.39, 0.29) is 5.69 Å². The predicted octanol–water partition coefficient (Wildman–Crippen LogP) is 5.67. The Balaban J connectivity index is 1.78. The van der Waals surface area contributed by atoms with Crippen molar-refractivity contribution >= 4 is 23.2 Å². The standard InChI is InChI=1S/C19H12ClF3N2O/c20-17-8-7-15(10-16(17)19(21,22)23)25-18(26)13-5-3-12(4-6-13)14-2-1-9-24-11-14/h1-11H,(H,25,26). The van der Waals surface area contributed by atoms with Gasteiger partial charge < -0.3 is 5.32 Å². The number of nitrogens with zero attached hydrogens (tertiary/aromatic N) is 1. The summed E-state index contributed by atoms with van der Waals surface area (Å²) in [4.78, 5) is 16.3. The molecule has 0 radical (unpaired) electrons. The first kappa shape index (κ1) is 17.9. The molecule has 3 nitrogen and oxygen atoms in total. The molecule has 1 heterocycles. The second kappa shape index (κ2) is 7.17. The van der Waals surface area contributed by atoms with Crippen molar-refractivity contribution in [3.8, 4) is 11.1 Å². The Morgan fingerprint density at radius 3 is 2.35 bits per heavy atom. The molecule has 0 aliphatic carbocycles. The Hall–Kier alpha value is -2.86. The van der Waals surface area contributed by atoms with Gasteiger partial charge in [-0.1, -0.05) is 29.8 Å². The van der Waals surface area contributed by atoms with E-state index in [1.165, 1.54) is 6.07 Å². The molecular weight excluding hydrogens is 365 g/mol. The highest BCUT2D eigenvalue weighted by Crippen LogP contribution is 2.36. The third-order valence-corrected chi connectivity index (χ3v) is 4.00. The maximum absolute atomic E-state index is 12.9. The fraction of sp³-hybridized carbons (Fsp3) is 0.0526. The number of halogens is 4. The van der Waals surface area contributed by atoms with Gasteiger partial charge in [0.15, 0.2) is 0 Å². The zero-order valence-electron chi connectivity index (χ0n) is 13.2. The molecule has 0 aliphatic heterocycles. The monoisotopic (exact) mass is 376 g/mol. The molecule has 0 saturated heterocycles. The van der Waals surface area contributed by atoms with Gasteiger partial charge >= 0.3 is 6.18 Å². The molecule has 1 amide bonds. The highest BCUT2D eigenvalue weighted by atomic mass is 35.5. The molecule has 7 heteroatoms. The Morgan fingerprint density at radius 2 is 1.73 bits per heavy atom. The van der Waals surface area contributed by atoms with E-state index in [1.54, 1.807) is 42.7 Å². The largest absolute Gasteiger partial charge is 0.417 e. The summed E-state index contributed by atoms with van der Waals surface area (Å²) in [5.74, 6) is -0.516. The fourth-order valence-electron chi connectivity index (χ4n) is 2.37. The summed E-state index contributed by atoms with van der Waals surface area (Å²) in [5.41, 5.74) is 1.11. The number of carbonyl (C=O) groups is 1. The molecule has 0 aliphatic rings. The van der Waals surface area contributed by atoms with Gasteiger partial charge in [-0.15, -0.1) is 0 Å². The maximum atomic E-state index is 12.9. The van der Waals surface area contributed by atoms with Gasteiger partial charge in [-0.05, 0) is 47.5 Å². The van der Waals surface area contributed by atoms with Gasteiger partial charge in [-0.2, -0.15) is 13.2 Å². The van der Waals surface area contributed by atoms with Crippen LogP contribution in [0.2, 0.25) is 5.02 Å². The molecule has 0 fully saturated rings. The summed E-state index contributed by atoms with van der Waals surface area (Å²) >= 11 is 5.57. The van der Waals surface area contributed by atoms with E-state index in [2.05, 4.69) is 10.3 Å². The molecule has 132 valence electrons. The lowest BCUT2D eigenvalue weighted by molar-refractivity contribution is -0.137. The Bertz CT molecular complexity index is 926. The number of anilines is 1. The number of alkyl halides is 3. The summed E-state index contributed by atoms with van der Waals surface area (Å²) in [6, 6.07) is 13.6. The lowest BCUT2D eigenvalue weighted by Crippen LogP contribution is -2.13. The first-order chi connectivity index (χ1) is 12.3. The molecule has 0 atom stereocenters. The van der Waals surface area contributed by atoms with Crippen LogP contribution >= 0.6 is 11.6 Å². The van der Waals surface area contributed by atoms with Crippen LogP contribution in [-0.4, -0.2) is 10.9 Å². The first-order valence-corrected chi connectivity index (χ1v) is 7.91. The van der Waals surface area contributed by atoms with Crippen LogP contribution in [0.3, 0.4) is 0 Å². The highest BCUT2D eigenvalue weighted by molar-refractivity contribution is 6.31. The number of aromatic nitrogens is 1. The van der Waals surface area contributed by atoms with Gasteiger partial charge in [0.05, 0.1) is 10.6 Å². The fourth-order valence-corrected chi connectivity index (χ4v) is 2.60. The maximum Gasteiger partial charge on any atom is 0.417 e. The van der Waals surface area contributed by atoms with Crippen LogP contribution in [-0.2, 0) is 6.18 Å². The molecule has 1 aromatic heterocycles. The highest BCUT2D eigenvalue weighted by Gasteiger charge is 2.33. The molecule has 0 saturated carbocycles. The predicted molar refractivity (Wildman–Crippen MR) is 94.1 cm³/mol. The second-order valence-corrected chi connectivity index (χ2v) is 5.87. The number of hydrogen-bond donors (Lipinski definition) is 1. The average molecular weight is 377 g/mol. The van der Waals surface area contributed by atoms with Crippen LogP contribution in [0, 0.1) is 0 Å². The number of hydrogen-bond acceptors (Lipinski definition) is 2. The van der Waals surface area contributed by atoms with Crippen LogP contribution in [0.15, 0.2) is 67.0 Å². The van der Waals surface area contributed by atoms with E-state index in [0.717, 1.165) is 23.3 Å². The third-order valence-electron chi connectivity index (χ3n) is 3.67. The van der Waals surface area contributed by atoms with Crippen molar-refractivity contribution < 1.29 is 18.0 Å². The second-order valence-electron chi connectivity index (χ2n) is 5.47. The van der Waals surface area contributed by atoms with Crippen LogP contribution in [0.4, 0.5) is 18.9 Å². The summed E-state index contributed by atoms with van der Waals surface area (Å²) in [6.45, 7) is 0. The summed E-state index contributed by atoms with van der Waals surface area (Å²) < 4.78 is 38.7. The van der Waals surface area contributed by atoms with E-state index in [4.69, 9.17) is 11.6 Å². The van der Waals surface area contributed by atoms with Gasteiger partial charge in [-0.3, -0.25) is 9.78 Å². The number of pyridine rings is 1. The van der Waals surface area contributed by atoms with Crippen molar-refractivity contribution in [2.45, 2.75) is 6.18 Å². The quantitative estimate of drug-likeness (QED) is 0.639. The van der Waals surface area contributed by atoms with E-state index in [9.17, 15) is 18.0 Å². The van der Waals surface area contributed by atoms with Crippen molar-refractivity contribution in [1.29, 1.82) is 0 Å². The minimum atomic E-state index is -4.59. The van der Waals surface area contributed by atoms with Crippen LogP contribution in [0.25, 0.3) is 11.1 Å². The summed E-state index contributed by atoms with van der Waals surface area (Å²) in [5, 5.41) is 2.03. The smallest absolute Gasteiger partial charge is 0.322 e. The van der Waals surface area contributed by atoms with Gasteiger partial charge in [0.25, 0.3) is 5.91 Å². The molecule has 26 heavy (non-hydrogen) atoms. The number of benzene rings is 2. The van der Waals surface area contributed by atoms with Crippen molar-refractivity contribution in [3.05, 3.63) is 83.1 Å². The van der Waals surface area contributed by atoms with Crippen molar-refractivity contribution in [3.63, 3.8) is 0 Å². The minimum Gasteiger partial charge on any atom is -0.322 e. The Kier molecular flexibility index (Phi) is 4.95. The summed E-state index contributed by atoms with van der Waals surface area (Å²) in [7, 11) is 0. The molecule has 3 rings (SSSR count). The number of rotatable bonds is 3. The van der Waals surface area contributed by atoms with Crippen molar-refractivity contribution in [1.82, 2.24) is 4.98 Å². The number of nitrogens with one attached hydrogen (secondary N) is 1. The van der Waals surface area contributed by atoms with Crippen LogP contribution in [0.1, 0.15) is 15.9 Å². The average Bonchev–Trinajstić information content (AvgIpc) is 2.63. The molecule has 2 aromatic carbocycles. The van der Waals surface area contributed by atoms with E-state index in [1.807, 2.05) is 6.07 Å². The lowest BCUT2D eigenvalue weighted by Gasteiger charge is -2.12. The zero-order valence-corrected chi connectivity index (χ0v) is 14.0. The molecule has 1 N–H and O–H groups in total. The molecule has 0 unspecified atom stereocenters. The Labute approximate surface area is 152 Å². The van der Waals surface area contributed by atoms with E-state index >= 15 is 0 Å². The minimum absolute atomic E-state index is 0.0167. The lowest BCUT2D eigenvalue weighted by atomic mass is 10.1. The zero-order chi connectivity index (χ0) is 18.7. The molecule has 3 aromatic rings. The van der Waals surface area contributed by atoms with Gasteiger partial charge in [0.1, 0.15) is 0 Å². The van der Waals surface area contributed by atoms with Gasteiger partial charge in [0, 0.05) is 23.6 Å². The van der Waals surface area contributed by atoms with E-state index in [0.29, 0.717) is 5.56 Å². The first-order valence-electron chi connectivity index (χ1n) is 7.53. The number of amides is 1. The molecule has 0 bridgehead atoms. The van der Waals surface area contributed by atoms with Crippen LogP contribution < -0.4 is 5.32 Å². The van der Waals surface area contributed by atoms with Crippen molar-refractivity contribution in [2.75, 3.05) is 5.32 Å². The SMILES string of the molecule is O=C(Nc1ccc(Cl)c(C(F)(F)F)c1)c1ccc(-c2cccnc2)cc1. The van der Waals surface area contributed by atoms with Gasteiger partial charge in [0.2, 0.25) is 0 Å². The Morgan fingerprint density at radius 1 is 1.00 bits per heavy atom. The van der Waals surface area contributed by atoms with Gasteiger partial charge in [-0.25, -0.2) is 0 Å². The van der Waals surface area contributed by atoms with Crippen molar-refractivity contribution in [2.24, 2.45) is 0 Å². The normalized spacial score (nSPS) is 11.2. The van der Waals surface area contributed by atoms with E-state index < -0.39 is 22.7 Å². The topological polar surface area (TPSA) is 42.0 Å². The summed E-state index contributed by atoms with van der Waals surface area (Å²) in [6.07, 6.45) is -1.24. The third kappa shape index (κ3) is 4.03. The molecule has 0 spiro atoms. The van der Waals surface area contributed by atoms with Crippen LogP contribution in [0.5, 0.6) is 0 Å².